The van der Waals surface area contributed by atoms with E-state index in [-0.39, 0.29) is 5.41 Å². The van der Waals surface area contributed by atoms with E-state index in [9.17, 15) is 0 Å². The number of pyridine rings is 1. The van der Waals surface area contributed by atoms with Crippen LogP contribution in [0.25, 0.3) is 5.65 Å². The Kier molecular flexibility index (Phi) is 1.88. The van der Waals surface area contributed by atoms with Gasteiger partial charge in [0, 0.05) is 11.1 Å². The van der Waals surface area contributed by atoms with E-state index in [4.69, 9.17) is 0 Å². The fourth-order valence-corrected chi connectivity index (χ4v) is 2.15. The fourth-order valence-electron chi connectivity index (χ4n) is 2.15. The summed E-state index contributed by atoms with van der Waals surface area (Å²) in [7, 11) is 0. The van der Waals surface area contributed by atoms with Gasteiger partial charge in [-0.1, -0.05) is 26.8 Å². The molecule has 0 radical (unpaired) electrons. The molecule has 1 saturated carbocycles. The summed E-state index contributed by atoms with van der Waals surface area (Å²) in [5.74, 6) is 1.80. The third-order valence-electron chi connectivity index (χ3n) is 3.13. The van der Waals surface area contributed by atoms with Gasteiger partial charge in [0.1, 0.15) is 5.82 Å². The van der Waals surface area contributed by atoms with Crippen LogP contribution in [0.2, 0.25) is 0 Å². The number of fused-ring (bicyclic) bond motifs is 1. The van der Waals surface area contributed by atoms with E-state index in [1.54, 1.807) is 0 Å². The minimum Gasteiger partial charge on any atom is -0.283 e. The van der Waals surface area contributed by atoms with E-state index in [1.165, 1.54) is 18.5 Å². The summed E-state index contributed by atoms with van der Waals surface area (Å²) < 4.78 is 2.25. The lowest BCUT2D eigenvalue weighted by Gasteiger charge is -2.17. The number of rotatable bonds is 1. The molecule has 0 bridgehead atoms. The molecule has 2 aromatic rings. The van der Waals surface area contributed by atoms with Crippen LogP contribution in [-0.2, 0) is 5.41 Å². The zero-order chi connectivity index (χ0) is 11.3. The van der Waals surface area contributed by atoms with Gasteiger partial charge in [0.15, 0.2) is 5.65 Å². The molecule has 2 aromatic heterocycles. The van der Waals surface area contributed by atoms with E-state index >= 15 is 0 Å². The molecule has 3 rings (SSSR count). The average Bonchev–Trinajstić information content (AvgIpc) is 2.94. The normalized spacial score (nSPS) is 16.9. The zero-order valence-corrected chi connectivity index (χ0v) is 10.1. The summed E-state index contributed by atoms with van der Waals surface area (Å²) in [6.45, 7) is 6.56. The Bertz CT molecular complexity index is 530. The molecule has 1 aliphatic carbocycles. The van der Waals surface area contributed by atoms with Gasteiger partial charge in [-0.3, -0.25) is 4.40 Å². The Labute approximate surface area is 95.5 Å². The van der Waals surface area contributed by atoms with Crippen molar-refractivity contribution in [2.75, 3.05) is 0 Å². The first kappa shape index (κ1) is 9.82. The van der Waals surface area contributed by atoms with Crippen molar-refractivity contribution >= 4 is 5.65 Å². The van der Waals surface area contributed by atoms with Crippen molar-refractivity contribution in [3.05, 3.63) is 29.7 Å². The van der Waals surface area contributed by atoms with Crippen LogP contribution in [0.4, 0.5) is 0 Å². The summed E-state index contributed by atoms with van der Waals surface area (Å²) in [4.78, 5) is 0. The number of aromatic nitrogens is 3. The first-order valence-electron chi connectivity index (χ1n) is 5.92. The largest absolute Gasteiger partial charge is 0.283 e. The minimum atomic E-state index is 0.0460. The second-order valence-corrected chi connectivity index (χ2v) is 5.69. The first-order chi connectivity index (χ1) is 7.57. The van der Waals surface area contributed by atoms with Gasteiger partial charge in [-0.2, -0.15) is 0 Å². The standard InChI is InChI=1S/C13H17N3/c1-13(2,3)12-15-14-11-6-4-5-10(16(11)12)9-7-8-9/h4-6,9H,7-8H2,1-3H3. The number of hydrogen-bond donors (Lipinski definition) is 0. The smallest absolute Gasteiger partial charge is 0.161 e. The molecule has 0 N–H and O–H groups in total. The van der Waals surface area contributed by atoms with Crippen molar-refractivity contribution in [3.8, 4) is 0 Å². The monoisotopic (exact) mass is 215 g/mol. The summed E-state index contributed by atoms with van der Waals surface area (Å²) in [5.41, 5.74) is 2.41. The van der Waals surface area contributed by atoms with Crippen molar-refractivity contribution in [1.82, 2.24) is 14.6 Å². The Morgan fingerprint density at radius 3 is 2.56 bits per heavy atom. The second-order valence-electron chi connectivity index (χ2n) is 5.69. The summed E-state index contributed by atoms with van der Waals surface area (Å²) >= 11 is 0. The Balaban J connectivity index is 2.30. The van der Waals surface area contributed by atoms with Gasteiger partial charge in [0.2, 0.25) is 0 Å². The van der Waals surface area contributed by atoms with Crippen molar-refractivity contribution in [2.24, 2.45) is 0 Å². The lowest BCUT2D eigenvalue weighted by atomic mass is 9.95. The zero-order valence-electron chi connectivity index (χ0n) is 10.1. The molecule has 16 heavy (non-hydrogen) atoms. The molecule has 2 heterocycles. The van der Waals surface area contributed by atoms with Gasteiger partial charge in [-0.25, -0.2) is 0 Å². The highest BCUT2D eigenvalue weighted by molar-refractivity contribution is 5.42. The van der Waals surface area contributed by atoms with Gasteiger partial charge in [-0.05, 0) is 30.9 Å². The molecule has 1 aliphatic rings. The van der Waals surface area contributed by atoms with Crippen molar-refractivity contribution in [2.45, 2.75) is 44.9 Å². The van der Waals surface area contributed by atoms with E-state index in [2.05, 4.69) is 47.5 Å². The lowest BCUT2D eigenvalue weighted by molar-refractivity contribution is 0.535. The maximum atomic E-state index is 4.35. The average molecular weight is 215 g/mol. The molecule has 0 aromatic carbocycles. The summed E-state index contributed by atoms with van der Waals surface area (Å²) in [6, 6.07) is 6.33. The highest BCUT2D eigenvalue weighted by atomic mass is 15.3. The Morgan fingerprint density at radius 1 is 1.19 bits per heavy atom. The van der Waals surface area contributed by atoms with Crippen LogP contribution >= 0.6 is 0 Å². The number of hydrogen-bond acceptors (Lipinski definition) is 2. The van der Waals surface area contributed by atoms with Gasteiger partial charge in [0.05, 0.1) is 0 Å². The molecule has 0 unspecified atom stereocenters. The fraction of sp³-hybridized carbons (Fsp3) is 0.538. The van der Waals surface area contributed by atoms with Crippen molar-refractivity contribution in [3.63, 3.8) is 0 Å². The third kappa shape index (κ3) is 1.42. The van der Waals surface area contributed by atoms with Crippen LogP contribution in [0.15, 0.2) is 18.2 Å². The molecule has 0 aliphatic heterocycles. The topological polar surface area (TPSA) is 30.2 Å². The van der Waals surface area contributed by atoms with Crippen molar-refractivity contribution < 1.29 is 0 Å². The minimum absolute atomic E-state index is 0.0460. The van der Waals surface area contributed by atoms with Gasteiger partial charge < -0.3 is 0 Å². The molecule has 0 atom stereocenters. The quantitative estimate of drug-likeness (QED) is 0.732. The molecular formula is C13H17N3. The van der Waals surface area contributed by atoms with E-state index in [0.717, 1.165) is 17.4 Å². The van der Waals surface area contributed by atoms with Crippen LogP contribution in [0.3, 0.4) is 0 Å². The predicted molar refractivity (Wildman–Crippen MR) is 63.7 cm³/mol. The Morgan fingerprint density at radius 2 is 1.94 bits per heavy atom. The van der Waals surface area contributed by atoms with Crippen LogP contribution in [0, 0.1) is 0 Å². The van der Waals surface area contributed by atoms with Crippen LogP contribution in [-0.4, -0.2) is 14.6 Å². The molecule has 3 nitrogen and oxygen atoms in total. The molecule has 3 heteroatoms. The first-order valence-corrected chi connectivity index (χ1v) is 5.92. The molecule has 1 fully saturated rings. The SMILES string of the molecule is CC(C)(C)c1nnc2cccc(C3CC3)n12. The molecule has 0 saturated heterocycles. The molecular weight excluding hydrogens is 198 g/mol. The van der Waals surface area contributed by atoms with Gasteiger partial charge in [0.25, 0.3) is 0 Å². The highest BCUT2D eigenvalue weighted by Crippen LogP contribution is 2.40. The second kappa shape index (κ2) is 3.06. The third-order valence-corrected chi connectivity index (χ3v) is 3.13. The molecule has 84 valence electrons. The van der Waals surface area contributed by atoms with E-state index < -0.39 is 0 Å². The molecule has 0 amide bonds. The Hall–Kier alpha value is -1.38. The van der Waals surface area contributed by atoms with Crippen LogP contribution in [0.5, 0.6) is 0 Å². The van der Waals surface area contributed by atoms with Crippen molar-refractivity contribution in [1.29, 1.82) is 0 Å². The lowest BCUT2D eigenvalue weighted by Crippen LogP contribution is -2.17. The number of nitrogens with zero attached hydrogens (tertiary/aromatic N) is 3. The maximum absolute atomic E-state index is 4.35. The summed E-state index contributed by atoms with van der Waals surface area (Å²) in [5, 5.41) is 8.62. The van der Waals surface area contributed by atoms with Gasteiger partial charge >= 0.3 is 0 Å². The van der Waals surface area contributed by atoms with Gasteiger partial charge in [-0.15, -0.1) is 10.2 Å². The molecule has 0 spiro atoms. The van der Waals surface area contributed by atoms with E-state index in [0.29, 0.717) is 0 Å². The van der Waals surface area contributed by atoms with Crippen LogP contribution in [0.1, 0.15) is 51.0 Å². The predicted octanol–water partition coefficient (Wildman–Crippen LogP) is 2.90. The van der Waals surface area contributed by atoms with E-state index in [1.807, 2.05) is 6.07 Å². The van der Waals surface area contributed by atoms with Crippen LogP contribution < -0.4 is 0 Å². The maximum Gasteiger partial charge on any atom is 0.161 e. The highest BCUT2D eigenvalue weighted by Gasteiger charge is 2.29. The summed E-state index contributed by atoms with van der Waals surface area (Å²) in [6.07, 6.45) is 2.61.